The molecule has 0 fully saturated rings. The molecule has 2 aromatic rings. The van der Waals surface area contributed by atoms with E-state index in [1.807, 2.05) is 37.3 Å². The van der Waals surface area contributed by atoms with Crippen LogP contribution in [0.1, 0.15) is 18.4 Å². The van der Waals surface area contributed by atoms with Gasteiger partial charge in [-0.2, -0.15) is 0 Å². The molecule has 0 unspecified atom stereocenters. The molecule has 1 heterocycles. The number of anilines is 1. The third-order valence-electron chi connectivity index (χ3n) is 3.13. The number of aryl methyl sites for hydroxylation is 1. The molecule has 0 saturated heterocycles. The SMILES string of the molecule is Cc1ccc(-c2ccncc2)cc1NC(=O)CCCN.Cl.Cl. The maximum absolute atomic E-state index is 11.8. The Morgan fingerprint density at radius 2 is 1.82 bits per heavy atom. The highest BCUT2D eigenvalue weighted by Gasteiger charge is 2.06. The summed E-state index contributed by atoms with van der Waals surface area (Å²) in [4.78, 5) is 15.8. The number of carbonyl (C=O) groups is 1. The molecule has 0 atom stereocenters. The first kappa shape index (κ1) is 20.4. The Morgan fingerprint density at radius 3 is 2.45 bits per heavy atom. The first-order valence-corrected chi connectivity index (χ1v) is 6.71. The molecule has 3 N–H and O–H groups in total. The largest absolute Gasteiger partial charge is 0.330 e. The van der Waals surface area contributed by atoms with Crippen LogP contribution in [-0.4, -0.2) is 17.4 Å². The van der Waals surface area contributed by atoms with Crippen molar-refractivity contribution in [3.63, 3.8) is 0 Å². The average Bonchev–Trinajstić information content (AvgIpc) is 2.48. The van der Waals surface area contributed by atoms with E-state index in [-0.39, 0.29) is 30.7 Å². The van der Waals surface area contributed by atoms with Crippen molar-refractivity contribution in [2.75, 3.05) is 11.9 Å². The fourth-order valence-corrected chi connectivity index (χ4v) is 1.96. The summed E-state index contributed by atoms with van der Waals surface area (Å²) < 4.78 is 0. The van der Waals surface area contributed by atoms with E-state index in [9.17, 15) is 4.79 Å². The third kappa shape index (κ3) is 5.64. The number of carbonyl (C=O) groups excluding carboxylic acids is 1. The van der Waals surface area contributed by atoms with E-state index in [4.69, 9.17) is 5.73 Å². The second kappa shape index (κ2) is 10.2. The van der Waals surface area contributed by atoms with Crippen molar-refractivity contribution < 1.29 is 4.79 Å². The first-order chi connectivity index (χ1) is 9.70. The zero-order valence-corrected chi connectivity index (χ0v) is 14.0. The van der Waals surface area contributed by atoms with Gasteiger partial charge in [-0.15, -0.1) is 24.8 Å². The molecule has 0 aliphatic carbocycles. The molecule has 1 amide bonds. The molecule has 0 aliphatic rings. The molecular formula is C16H21Cl2N3O. The van der Waals surface area contributed by atoms with E-state index in [0.29, 0.717) is 19.4 Å². The van der Waals surface area contributed by atoms with Crippen LogP contribution in [0, 0.1) is 6.92 Å². The lowest BCUT2D eigenvalue weighted by Gasteiger charge is -2.10. The number of rotatable bonds is 5. The van der Waals surface area contributed by atoms with Crippen molar-refractivity contribution >= 4 is 36.4 Å². The van der Waals surface area contributed by atoms with E-state index in [1.165, 1.54) is 0 Å². The van der Waals surface area contributed by atoms with Crippen LogP contribution in [0.2, 0.25) is 0 Å². The highest BCUT2D eigenvalue weighted by atomic mass is 35.5. The van der Waals surface area contributed by atoms with Gasteiger partial charge >= 0.3 is 0 Å². The minimum atomic E-state index is 0. The quantitative estimate of drug-likeness (QED) is 0.873. The summed E-state index contributed by atoms with van der Waals surface area (Å²) in [5, 5.41) is 2.95. The van der Waals surface area contributed by atoms with Crippen LogP contribution in [0.4, 0.5) is 5.69 Å². The Kier molecular flexibility index (Phi) is 9.42. The van der Waals surface area contributed by atoms with E-state index in [1.54, 1.807) is 12.4 Å². The summed E-state index contributed by atoms with van der Waals surface area (Å²) in [6.07, 6.45) is 4.67. The van der Waals surface area contributed by atoms with Gasteiger partial charge in [-0.3, -0.25) is 9.78 Å². The van der Waals surface area contributed by atoms with E-state index in [2.05, 4.69) is 10.3 Å². The fourth-order valence-electron chi connectivity index (χ4n) is 1.96. The van der Waals surface area contributed by atoms with E-state index >= 15 is 0 Å². The van der Waals surface area contributed by atoms with Crippen LogP contribution in [0.3, 0.4) is 0 Å². The van der Waals surface area contributed by atoms with Gasteiger partial charge in [-0.1, -0.05) is 12.1 Å². The molecular weight excluding hydrogens is 321 g/mol. The van der Waals surface area contributed by atoms with E-state index < -0.39 is 0 Å². The van der Waals surface area contributed by atoms with Crippen molar-refractivity contribution in [3.8, 4) is 11.1 Å². The number of hydrogen-bond donors (Lipinski definition) is 2. The van der Waals surface area contributed by atoms with Crippen molar-refractivity contribution in [2.45, 2.75) is 19.8 Å². The second-order valence-electron chi connectivity index (χ2n) is 4.71. The number of hydrogen-bond acceptors (Lipinski definition) is 3. The molecule has 4 nitrogen and oxygen atoms in total. The van der Waals surface area contributed by atoms with Gasteiger partial charge in [0.15, 0.2) is 0 Å². The third-order valence-corrected chi connectivity index (χ3v) is 3.13. The van der Waals surface area contributed by atoms with Gasteiger partial charge in [0.05, 0.1) is 0 Å². The molecule has 120 valence electrons. The highest BCUT2D eigenvalue weighted by molar-refractivity contribution is 5.92. The number of nitrogens with zero attached hydrogens (tertiary/aromatic N) is 1. The van der Waals surface area contributed by atoms with Crippen molar-refractivity contribution in [1.82, 2.24) is 4.98 Å². The van der Waals surface area contributed by atoms with Crippen LogP contribution in [0.5, 0.6) is 0 Å². The van der Waals surface area contributed by atoms with Crippen LogP contribution in [-0.2, 0) is 4.79 Å². The Balaban J connectivity index is 0.00000220. The first-order valence-electron chi connectivity index (χ1n) is 6.71. The topological polar surface area (TPSA) is 68.0 Å². The average molecular weight is 342 g/mol. The second-order valence-corrected chi connectivity index (χ2v) is 4.71. The summed E-state index contributed by atoms with van der Waals surface area (Å²) >= 11 is 0. The summed E-state index contributed by atoms with van der Waals surface area (Å²) in [6, 6.07) is 9.94. The van der Waals surface area contributed by atoms with Gasteiger partial charge in [0, 0.05) is 24.5 Å². The number of nitrogens with one attached hydrogen (secondary N) is 1. The standard InChI is InChI=1S/C16H19N3O.2ClH/c1-12-4-5-14(13-6-9-18-10-7-13)11-15(12)19-16(20)3-2-8-17;;/h4-7,9-11H,2-3,8,17H2,1H3,(H,19,20);2*1H. The molecule has 0 aliphatic heterocycles. The van der Waals surface area contributed by atoms with Crippen LogP contribution < -0.4 is 11.1 Å². The monoisotopic (exact) mass is 341 g/mol. The molecule has 2 rings (SSSR count). The summed E-state index contributed by atoms with van der Waals surface area (Å²) in [7, 11) is 0. The van der Waals surface area contributed by atoms with E-state index in [0.717, 1.165) is 22.4 Å². The molecule has 0 saturated carbocycles. The lowest BCUT2D eigenvalue weighted by Crippen LogP contribution is -2.14. The lowest BCUT2D eigenvalue weighted by atomic mass is 10.0. The maximum Gasteiger partial charge on any atom is 0.224 e. The Morgan fingerprint density at radius 1 is 1.14 bits per heavy atom. The highest BCUT2D eigenvalue weighted by Crippen LogP contribution is 2.25. The van der Waals surface area contributed by atoms with Crippen molar-refractivity contribution in [1.29, 1.82) is 0 Å². The number of amides is 1. The Hall–Kier alpha value is -1.62. The van der Waals surface area contributed by atoms with Gasteiger partial charge in [0.1, 0.15) is 0 Å². The fraction of sp³-hybridized carbons (Fsp3) is 0.250. The van der Waals surface area contributed by atoms with Gasteiger partial charge in [0.2, 0.25) is 5.91 Å². The summed E-state index contributed by atoms with van der Waals surface area (Å²) in [5.41, 5.74) is 9.45. The summed E-state index contributed by atoms with van der Waals surface area (Å²) in [5.74, 6) is 0.00503. The zero-order chi connectivity index (χ0) is 14.4. The lowest BCUT2D eigenvalue weighted by molar-refractivity contribution is -0.116. The molecule has 6 heteroatoms. The minimum Gasteiger partial charge on any atom is -0.330 e. The normalized spacial score (nSPS) is 9.36. The predicted octanol–water partition coefficient (Wildman–Crippen LogP) is 3.58. The van der Waals surface area contributed by atoms with Crippen molar-refractivity contribution in [3.05, 3.63) is 48.3 Å². The molecule has 0 bridgehead atoms. The molecule has 0 spiro atoms. The number of benzene rings is 1. The van der Waals surface area contributed by atoms with Crippen LogP contribution >= 0.6 is 24.8 Å². The van der Waals surface area contributed by atoms with Gasteiger partial charge < -0.3 is 11.1 Å². The number of pyridine rings is 1. The maximum atomic E-state index is 11.8. The number of halogens is 2. The van der Waals surface area contributed by atoms with Crippen LogP contribution in [0.25, 0.3) is 11.1 Å². The molecule has 1 aromatic heterocycles. The van der Waals surface area contributed by atoms with Crippen molar-refractivity contribution in [2.24, 2.45) is 5.73 Å². The Labute approximate surface area is 143 Å². The molecule has 0 radical (unpaired) electrons. The van der Waals surface area contributed by atoms with Crippen LogP contribution in [0.15, 0.2) is 42.7 Å². The Bertz CT molecular complexity index is 591. The smallest absolute Gasteiger partial charge is 0.224 e. The van der Waals surface area contributed by atoms with Gasteiger partial charge in [0.25, 0.3) is 0 Å². The predicted molar refractivity (Wildman–Crippen MR) is 95.8 cm³/mol. The molecule has 1 aromatic carbocycles. The van der Waals surface area contributed by atoms with Gasteiger partial charge in [-0.05, 0) is 54.8 Å². The summed E-state index contributed by atoms with van der Waals surface area (Å²) in [6.45, 7) is 2.51. The van der Waals surface area contributed by atoms with Gasteiger partial charge in [-0.25, -0.2) is 0 Å². The number of aromatic nitrogens is 1. The molecule has 22 heavy (non-hydrogen) atoms. The minimum absolute atomic E-state index is 0. The zero-order valence-electron chi connectivity index (χ0n) is 12.4. The number of nitrogens with two attached hydrogens (primary N) is 1.